The number of morpholine rings is 1. The Bertz CT molecular complexity index is 337. The van der Waals surface area contributed by atoms with Crippen LogP contribution in [-0.2, 0) is 17.0 Å². The molecule has 1 aromatic heterocycles. The van der Waals surface area contributed by atoms with Gasteiger partial charge in [0.15, 0.2) is 0 Å². The van der Waals surface area contributed by atoms with Crippen molar-refractivity contribution in [3.05, 3.63) is 17.7 Å². The first kappa shape index (κ1) is 13.8. The molecule has 1 saturated heterocycles. The lowest BCUT2D eigenvalue weighted by atomic mass is 10.2. The van der Waals surface area contributed by atoms with Gasteiger partial charge in [-0.2, -0.15) is 0 Å². The van der Waals surface area contributed by atoms with Crippen molar-refractivity contribution in [3.63, 3.8) is 0 Å². The minimum Gasteiger partial charge on any atom is -0.379 e. The Morgan fingerprint density at radius 3 is 2.83 bits per heavy atom. The number of unbranched alkanes of at least 4 members (excludes halogenated alkanes) is 2. The van der Waals surface area contributed by atoms with Crippen LogP contribution in [0, 0.1) is 0 Å². The van der Waals surface area contributed by atoms with Crippen LogP contribution in [0.3, 0.4) is 0 Å². The predicted octanol–water partition coefficient (Wildman–Crippen LogP) is 2.19. The van der Waals surface area contributed by atoms with E-state index >= 15 is 0 Å². The fraction of sp³-hybridized carbons (Fsp3) is 0.769. The van der Waals surface area contributed by atoms with Gasteiger partial charge < -0.3 is 9.72 Å². The number of nitrogens with one attached hydrogen (secondary N) is 1. The van der Waals surface area contributed by atoms with Crippen molar-refractivity contribution in [2.45, 2.75) is 31.6 Å². The maximum atomic E-state index is 5.72. The van der Waals surface area contributed by atoms with E-state index in [-0.39, 0.29) is 0 Å². The van der Waals surface area contributed by atoms with Crippen molar-refractivity contribution in [1.82, 2.24) is 14.9 Å². The molecule has 0 amide bonds. The number of ether oxygens (including phenoxy) is 1. The van der Waals surface area contributed by atoms with E-state index in [0.29, 0.717) is 5.88 Å². The molecule has 4 nitrogen and oxygen atoms in total. The number of aryl methyl sites for hydroxylation is 1. The molecule has 1 aliphatic rings. The van der Waals surface area contributed by atoms with Gasteiger partial charge in [0.2, 0.25) is 0 Å². The molecule has 102 valence electrons. The Labute approximate surface area is 114 Å². The summed E-state index contributed by atoms with van der Waals surface area (Å²) in [7, 11) is 0. The van der Waals surface area contributed by atoms with Crippen LogP contribution in [-0.4, -0.2) is 47.7 Å². The normalized spacial score (nSPS) is 17.2. The summed E-state index contributed by atoms with van der Waals surface area (Å²) in [6.07, 6.45) is 6.58. The van der Waals surface area contributed by atoms with Gasteiger partial charge in [-0.25, -0.2) is 4.98 Å². The van der Waals surface area contributed by atoms with Crippen molar-refractivity contribution in [1.29, 1.82) is 0 Å². The van der Waals surface area contributed by atoms with Crippen LogP contribution < -0.4 is 0 Å². The summed E-state index contributed by atoms with van der Waals surface area (Å²) >= 11 is 5.72. The highest BCUT2D eigenvalue weighted by molar-refractivity contribution is 6.16. The molecular formula is C13H22ClN3O. The van der Waals surface area contributed by atoms with Crippen LogP contribution in [0.15, 0.2) is 6.20 Å². The zero-order chi connectivity index (χ0) is 12.6. The van der Waals surface area contributed by atoms with E-state index in [1.807, 2.05) is 6.20 Å². The number of imidazole rings is 1. The van der Waals surface area contributed by atoms with Crippen LogP contribution in [0.2, 0.25) is 0 Å². The van der Waals surface area contributed by atoms with Crippen LogP contribution in [0.1, 0.15) is 30.8 Å². The van der Waals surface area contributed by atoms with Crippen molar-refractivity contribution in [2.24, 2.45) is 0 Å². The fourth-order valence-electron chi connectivity index (χ4n) is 2.23. The zero-order valence-corrected chi connectivity index (χ0v) is 11.6. The van der Waals surface area contributed by atoms with Crippen LogP contribution in [0.4, 0.5) is 0 Å². The van der Waals surface area contributed by atoms with Crippen molar-refractivity contribution >= 4 is 11.6 Å². The molecule has 1 aliphatic heterocycles. The number of rotatable bonds is 7. The molecule has 18 heavy (non-hydrogen) atoms. The molecule has 0 radical (unpaired) electrons. The number of aromatic amines is 1. The summed E-state index contributed by atoms with van der Waals surface area (Å²) in [6.45, 7) is 5.18. The molecule has 0 bridgehead atoms. The van der Waals surface area contributed by atoms with Crippen molar-refractivity contribution in [3.8, 4) is 0 Å². The first-order valence-corrected chi connectivity index (χ1v) is 7.31. The lowest BCUT2D eigenvalue weighted by Gasteiger charge is -2.26. The third kappa shape index (κ3) is 4.59. The minimum atomic E-state index is 0.518. The molecule has 5 heteroatoms. The van der Waals surface area contributed by atoms with Gasteiger partial charge in [0.1, 0.15) is 5.82 Å². The second-order valence-corrected chi connectivity index (χ2v) is 5.02. The van der Waals surface area contributed by atoms with Gasteiger partial charge in [0.05, 0.1) is 19.1 Å². The number of alkyl halides is 1. The molecular weight excluding hydrogens is 250 g/mol. The molecule has 1 fully saturated rings. The predicted molar refractivity (Wildman–Crippen MR) is 73.0 cm³/mol. The fourth-order valence-corrected chi connectivity index (χ4v) is 2.37. The van der Waals surface area contributed by atoms with E-state index in [0.717, 1.165) is 44.2 Å². The number of aromatic nitrogens is 2. The highest BCUT2D eigenvalue weighted by Crippen LogP contribution is 2.07. The van der Waals surface area contributed by atoms with E-state index in [1.54, 1.807) is 0 Å². The Hall–Kier alpha value is -0.580. The molecule has 0 saturated carbocycles. The lowest BCUT2D eigenvalue weighted by molar-refractivity contribution is 0.0371. The lowest BCUT2D eigenvalue weighted by Crippen LogP contribution is -2.36. The minimum absolute atomic E-state index is 0.518. The number of hydrogen-bond acceptors (Lipinski definition) is 3. The van der Waals surface area contributed by atoms with E-state index in [2.05, 4.69) is 14.9 Å². The Morgan fingerprint density at radius 2 is 2.11 bits per heavy atom. The van der Waals surface area contributed by atoms with Crippen LogP contribution in [0.25, 0.3) is 0 Å². The first-order valence-electron chi connectivity index (χ1n) is 6.77. The number of H-pyrrole nitrogens is 1. The van der Waals surface area contributed by atoms with Crippen LogP contribution >= 0.6 is 11.6 Å². The SMILES string of the molecule is ClCc1cnc(CCCCCN2CCOCC2)[nH]1. The first-order chi connectivity index (χ1) is 8.88. The smallest absolute Gasteiger partial charge is 0.106 e. The molecule has 0 unspecified atom stereocenters. The van der Waals surface area contributed by atoms with E-state index in [1.165, 1.54) is 25.8 Å². The van der Waals surface area contributed by atoms with Gasteiger partial charge in [-0.1, -0.05) is 6.42 Å². The van der Waals surface area contributed by atoms with Gasteiger partial charge in [0, 0.05) is 31.4 Å². The summed E-state index contributed by atoms with van der Waals surface area (Å²) < 4.78 is 5.33. The average Bonchev–Trinajstić information content (AvgIpc) is 2.87. The highest BCUT2D eigenvalue weighted by atomic mass is 35.5. The quantitative estimate of drug-likeness (QED) is 0.611. The molecule has 0 atom stereocenters. The summed E-state index contributed by atoms with van der Waals surface area (Å²) in [4.78, 5) is 10.0. The maximum Gasteiger partial charge on any atom is 0.106 e. The zero-order valence-electron chi connectivity index (χ0n) is 10.8. The molecule has 2 rings (SSSR count). The molecule has 0 spiro atoms. The van der Waals surface area contributed by atoms with Gasteiger partial charge in [-0.15, -0.1) is 11.6 Å². The summed E-state index contributed by atoms with van der Waals surface area (Å²) in [5.74, 6) is 1.58. The number of nitrogens with zero attached hydrogens (tertiary/aromatic N) is 2. The molecule has 2 heterocycles. The second-order valence-electron chi connectivity index (χ2n) is 4.75. The third-order valence-electron chi connectivity index (χ3n) is 3.32. The maximum absolute atomic E-state index is 5.72. The molecule has 1 N–H and O–H groups in total. The summed E-state index contributed by atoms with van der Waals surface area (Å²) in [5.41, 5.74) is 1.01. The average molecular weight is 272 g/mol. The molecule has 1 aromatic rings. The Morgan fingerprint density at radius 1 is 1.28 bits per heavy atom. The Kier molecular flexibility index (Phi) is 5.97. The monoisotopic (exact) mass is 271 g/mol. The van der Waals surface area contributed by atoms with E-state index < -0.39 is 0 Å². The summed E-state index contributed by atoms with van der Waals surface area (Å²) in [6, 6.07) is 0. The van der Waals surface area contributed by atoms with Gasteiger partial charge >= 0.3 is 0 Å². The highest BCUT2D eigenvalue weighted by Gasteiger charge is 2.09. The molecule has 0 aliphatic carbocycles. The van der Waals surface area contributed by atoms with Crippen LogP contribution in [0.5, 0.6) is 0 Å². The van der Waals surface area contributed by atoms with Gasteiger partial charge in [-0.05, 0) is 19.4 Å². The summed E-state index contributed by atoms with van der Waals surface area (Å²) in [5, 5.41) is 0. The molecule has 0 aromatic carbocycles. The van der Waals surface area contributed by atoms with Crippen molar-refractivity contribution in [2.75, 3.05) is 32.8 Å². The third-order valence-corrected chi connectivity index (χ3v) is 3.60. The van der Waals surface area contributed by atoms with Gasteiger partial charge in [-0.3, -0.25) is 4.90 Å². The number of halogens is 1. The second kappa shape index (κ2) is 7.77. The van der Waals surface area contributed by atoms with E-state index in [9.17, 15) is 0 Å². The Balaban J connectivity index is 1.52. The topological polar surface area (TPSA) is 41.2 Å². The van der Waals surface area contributed by atoms with Crippen molar-refractivity contribution < 1.29 is 4.74 Å². The standard InChI is InChI=1S/C13H22ClN3O/c14-10-12-11-15-13(16-12)4-2-1-3-5-17-6-8-18-9-7-17/h11H,1-10H2,(H,15,16). The van der Waals surface area contributed by atoms with Gasteiger partial charge in [0.25, 0.3) is 0 Å². The largest absolute Gasteiger partial charge is 0.379 e. The van der Waals surface area contributed by atoms with E-state index in [4.69, 9.17) is 16.3 Å². The number of hydrogen-bond donors (Lipinski definition) is 1.